The maximum Gasteiger partial charge on any atom is 0.256 e. The van der Waals surface area contributed by atoms with Gasteiger partial charge in [0.2, 0.25) is 6.71 Å². The third kappa shape index (κ3) is 3.46. The van der Waals surface area contributed by atoms with Gasteiger partial charge in [-0.2, -0.15) is 0 Å². The summed E-state index contributed by atoms with van der Waals surface area (Å²) in [6.07, 6.45) is 0. The average Bonchev–Trinajstić information content (AvgIpc) is 3.51. The van der Waals surface area contributed by atoms with Crippen molar-refractivity contribution in [2.45, 2.75) is 19.8 Å². The van der Waals surface area contributed by atoms with E-state index in [9.17, 15) is 0 Å². The van der Waals surface area contributed by atoms with Crippen molar-refractivity contribution in [3.8, 4) is 45.3 Å². The third-order valence-electron chi connectivity index (χ3n) is 11.8. The molecule has 0 saturated heterocycles. The van der Waals surface area contributed by atoms with Crippen LogP contribution in [0, 0.1) is 0 Å². The topological polar surface area (TPSA) is 59.8 Å². The maximum atomic E-state index is 7.13. The number of benzene rings is 7. The molecule has 12 rings (SSSR count). The van der Waals surface area contributed by atoms with Crippen LogP contribution in [0.5, 0.6) is 23.0 Å². The normalized spacial score (nSPS) is 14.2. The number of nitrogens with two attached hydrogens (primary N) is 1. The van der Waals surface area contributed by atoms with Gasteiger partial charge in [-0.1, -0.05) is 104 Å². The van der Waals surface area contributed by atoms with Crippen LogP contribution in [0.2, 0.25) is 0 Å². The molecule has 5 nitrogen and oxygen atoms in total. The van der Waals surface area contributed by atoms with Gasteiger partial charge in [0.15, 0.2) is 11.5 Å². The first-order valence-electron chi connectivity index (χ1n) is 18.2. The summed E-state index contributed by atoms with van der Waals surface area (Å²) < 4.78 is 14.2. The van der Waals surface area contributed by atoms with Gasteiger partial charge in [-0.15, -0.1) is 0 Å². The molecule has 3 N–H and O–H groups in total. The van der Waals surface area contributed by atoms with Crippen molar-refractivity contribution in [2.24, 2.45) is 0 Å². The second kappa shape index (κ2) is 9.92. The smallest absolute Gasteiger partial charge is 0.256 e. The van der Waals surface area contributed by atoms with Crippen molar-refractivity contribution in [1.29, 1.82) is 0 Å². The van der Waals surface area contributed by atoms with Crippen molar-refractivity contribution >= 4 is 80.3 Å². The molecule has 0 fully saturated rings. The zero-order valence-electron chi connectivity index (χ0n) is 28.7. The van der Waals surface area contributed by atoms with E-state index in [0.29, 0.717) is 0 Å². The zero-order chi connectivity index (χ0) is 34.4. The van der Waals surface area contributed by atoms with Gasteiger partial charge >= 0.3 is 0 Å². The summed E-state index contributed by atoms with van der Waals surface area (Å²) in [7, 11) is 0. The molecule has 0 amide bonds. The van der Waals surface area contributed by atoms with E-state index in [1.54, 1.807) is 0 Å². The van der Waals surface area contributed by atoms with Crippen LogP contribution in [-0.4, -0.2) is 13.4 Å². The Morgan fingerprint density at radius 2 is 1.25 bits per heavy atom. The van der Waals surface area contributed by atoms with Crippen molar-refractivity contribution in [3.63, 3.8) is 0 Å². The number of nitrogens with zero attached hydrogens (tertiary/aromatic N) is 1. The third-order valence-corrected chi connectivity index (χ3v) is 11.8. The molecule has 0 radical (unpaired) electrons. The monoisotopic (exact) mass is 667 g/mol. The van der Waals surface area contributed by atoms with Gasteiger partial charge in [-0.3, -0.25) is 0 Å². The first-order chi connectivity index (χ1) is 25.6. The van der Waals surface area contributed by atoms with Crippen LogP contribution < -0.4 is 58.2 Å². The van der Waals surface area contributed by atoms with Crippen molar-refractivity contribution in [2.75, 3.05) is 16.0 Å². The highest BCUT2D eigenvalue weighted by Crippen LogP contribution is 2.57. The number of nitrogens with one attached hydrogen (secondary N) is 1. The molecule has 0 aliphatic carbocycles. The van der Waals surface area contributed by atoms with E-state index in [4.69, 9.17) is 15.2 Å². The minimum Gasteiger partial charge on any atom is -0.458 e. The molecular formula is C45H31B2N3O2. The predicted octanol–water partition coefficient (Wildman–Crippen LogP) is 7.12. The SMILES string of the molecule is CC(C)c1c2c(cc3c1Oc1ccc4c5c1N3c1ccccc1B5c1ccccc1-4)B1c3ccccc3Nc3c(-c4ccccc4N)ccc(c31)O2. The van der Waals surface area contributed by atoms with Crippen molar-refractivity contribution < 1.29 is 9.47 Å². The lowest BCUT2D eigenvalue weighted by molar-refractivity contribution is 0.444. The quantitative estimate of drug-likeness (QED) is 0.152. The van der Waals surface area contributed by atoms with E-state index in [1.807, 2.05) is 18.2 Å². The number of hydrogen-bond acceptors (Lipinski definition) is 5. The first-order valence-corrected chi connectivity index (χ1v) is 18.2. The Hall–Kier alpha value is -6.33. The summed E-state index contributed by atoms with van der Waals surface area (Å²) in [5.41, 5.74) is 26.1. The Morgan fingerprint density at radius 3 is 2.10 bits per heavy atom. The number of rotatable bonds is 2. The standard InChI is InChI=1S/C45H31B2N3O2/c1-24(2)39-44-32(47-30-14-6-9-17-34(30)49-42-28(20-21-37(51-44)41(42)47)26-12-4-8-16-33(26)48)23-36-45(39)52-38-22-19-27-25-11-3-5-13-29(25)46-31-15-7-10-18-35(31)50(36)43(38)40(27)46/h3-24,49H,48H2,1-2H3. The van der Waals surface area contributed by atoms with Gasteiger partial charge in [-0.05, 0) is 86.8 Å². The number of hydrogen-bond donors (Lipinski definition) is 2. The van der Waals surface area contributed by atoms with E-state index in [2.05, 4.69) is 133 Å². The molecule has 5 aliphatic heterocycles. The number of fused-ring (bicyclic) bond motifs is 12. The molecule has 52 heavy (non-hydrogen) atoms. The van der Waals surface area contributed by atoms with Gasteiger partial charge in [0.1, 0.15) is 11.5 Å². The second-order valence-electron chi connectivity index (χ2n) is 14.8. The Bertz CT molecular complexity index is 2760. The second-order valence-corrected chi connectivity index (χ2v) is 14.8. The lowest BCUT2D eigenvalue weighted by Gasteiger charge is -2.43. The number of anilines is 6. The summed E-state index contributed by atoms with van der Waals surface area (Å²) in [4.78, 5) is 2.49. The van der Waals surface area contributed by atoms with Crippen LogP contribution in [0.25, 0.3) is 22.3 Å². The van der Waals surface area contributed by atoms with Crippen LogP contribution in [0.3, 0.4) is 0 Å². The zero-order valence-corrected chi connectivity index (χ0v) is 28.7. The van der Waals surface area contributed by atoms with Crippen LogP contribution >= 0.6 is 0 Å². The van der Waals surface area contributed by atoms with Gasteiger partial charge < -0.3 is 25.4 Å². The number of para-hydroxylation sites is 3. The lowest BCUT2D eigenvalue weighted by atomic mass is 9.34. The molecule has 0 aromatic heterocycles. The van der Waals surface area contributed by atoms with Gasteiger partial charge in [-0.25, -0.2) is 0 Å². The van der Waals surface area contributed by atoms with Crippen LogP contribution in [0.1, 0.15) is 25.3 Å². The van der Waals surface area contributed by atoms with E-state index in [-0.39, 0.29) is 19.3 Å². The summed E-state index contributed by atoms with van der Waals surface area (Å²) in [5, 5.41) is 3.82. The summed E-state index contributed by atoms with van der Waals surface area (Å²) >= 11 is 0. The molecule has 0 saturated carbocycles. The molecule has 7 aromatic rings. The minimum atomic E-state index is -0.0705. The highest BCUT2D eigenvalue weighted by atomic mass is 16.5. The van der Waals surface area contributed by atoms with E-state index in [0.717, 1.165) is 79.1 Å². The highest BCUT2D eigenvalue weighted by molar-refractivity contribution is 7.01. The number of ether oxygens (including phenoxy) is 2. The van der Waals surface area contributed by atoms with Crippen molar-refractivity contribution in [3.05, 3.63) is 133 Å². The van der Waals surface area contributed by atoms with E-state index >= 15 is 0 Å². The summed E-state index contributed by atoms with van der Waals surface area (Å²) in [6.45, 7) is 4.57. The molecule has 7 heteroatoms. The molecule has 0 spiro atoms. The molecule has 7 aromatic carbocycles. The van der Waals surface area contributed by atoms with E-state index in [1.165, 1.54) is 38.7 Å². The van der Waals surface area contributed by atoms with E-state index < -0.39 is 0 Å². The van der Waals surface area contributed by atoms with Crippen LogP contribution in [0.4, 0.5) is 34.1 Å². The fourth-order valence-corrected chi connectivity index (χ4v) is 9.78. The van der Waals surface area contributed by atoms with Gasteiger partial charge in [0, 0.05) is 39.4 Å². The first kappa shape index (κ1) is 28.4. The Kier molecular flexibility index (Phi) is 5.41. The predicted molar refractivity (Wildman–Crippen MR) is 216 cm³/mol. The highest BCUT2D eigenvalue weighted by Gasteiger charge is 2.48. The Labute approximate surface area is 302 Å². The molecule has 0 atom stereocenters. The fraction of sp³-hybridized carbons (Fsp3) is 0.0667. The fourth-order valence-electron chi connectivity index (χ4n) is 9.78. The van der Waals surface area contributed by atoms with Crippen LogP contribution in [-0.2, 0) is 0 Å². The summed E-state index contributed by atoms with van der Waals surface area (Å²) in [5.74, 6) is 3.62. The molecule has 244 valence electrons. The van der Waals surface area contributed by atoms with Crippen LogP contribution in [0.15, 0.2) is 127 Å². The largest absolute Gasteiger partial charge is 0.458 e. The minimum absolute atomic E-state index is 0.0705. The molecular weight excluding hydrogens is 636 g/mol. The summed E-state index contributed by atoms with van der Waals surface area (Å²) in [6, 6.07) is 45.6. The van der Waals surface area contributed by atoms with Gasteiger partial charge in [0.05, 0.1) is 11.4 Å². The maximum absolute atomic E-state index is 7.13. The Morgan fingerprint density at radius 1 is 0.577 bits per heavy atom. The molecule has 0 bridgehead atoms. The van der Waals surface area contributed by atoms with Gasteiger partial charge in [0.25, 0.3) is 6.71 Å². The molecule has 5 aliphatic rings. The molecule has 0 unspecified atom stereocenters. The Balaban J connectivity index is 1.15. The molecule has 5 heterocycles. The average molecular weight is 667 g/mol. The lowest BCUT2D eigenvalue weighted by Crippen LogP contribution is -2.59. The number of nitrogen functional groups attached to an aromatic ring is 1. The van der Waals surface area contributed by atoms with Crippen molar-refractivity contribution in [1.82, 2.24) is 0 Å².